The zero-order valence-corrected chi connectivity index (χ0v) is 26.4. The summed E-state index contributed by atoms with van der Waals surface area (Å²) in [6.45, 7) is 7.04. The fraction of sp³-hybridized carbons (Fsp3) is 0.576. The van der Waals surface area contributed by atoms with Crippen LogP contribution >= 0.6 is 11.9 Å². The molecule has 0 aromatic carbocycles. The molecule has 5 heterocycles. The van der Waals surface area contributed by atoms with Crippen molar-refractivity contribution in [2.75, 3.05) is 36.5 Å². The van der Waals surface area contributed by atoms with Gasteiger partial charge in [-0.05, 0) is 113 Å². The largest absolute Gasteiger partial charge is 0.477 e. The minimum absolute atomic E-state index is 0.134. The Morgan fingerprint density at radius 3 is 2.65 bits per heavy atom. The number of rotatable bonds is 7. The topological polar surface area (TPSA) is 88.4 Å². The van der Waals surface area contributed by atoms with Gasteiger partial charge in [0.05, 0.1) is 12.2 Å². The zero-order valence-electron chi connectivity index (χ0n) is 25.5. The van der Waals surface area contributed by atoms with Crippen LogP contribution in [0.1, 0.15) is 75.6 Å². The number of nitrogens with zero attached hydrogens (tertiary/aromatic N) is 6. The third-order valence-corrected chi connectivity index (χ3v) is 10.5. The third-order valence-electron chi connectivity index (χ3n) is 9.73. The number of pyridine rings is 2. The van der Waals surface area contributed by atoms with Gasteiger partial charge < -0.3 is 14.5 Å². The van der Waals surface area contributed by atoms with Gasteiger partial charge in [0.1, 0.15) is 16.7 Å². The zero-order chi connectivity index (χ0) is 29.6. The summed E-state index contributed by atoms with van der Waals surface area (Å²) in [5.41, 5.74) is 0.425. The van der Waals surface area contributed by atoms with Crippen LogP contribution in [0.4, 0.5) is 11.6 Å². The molecular weight excluding hydrogens is 558 g/mol. The first-order chi connectivity index (χ1) is 20.8. The van der Waals surface area contributed by atoms with Gasteiger partial charge in [-0.3, -0.25) is 9.52 Å². The van der Waals surface area contributed by atoms with Crippen LogP contribution in [0, 0.1) is 23.7 Å². The highest BCUT2D eigenvalue weighted by molar-refractivity contribution is 7.97. The number of hydrogen-bond donors (Lipinski definition) is 1. The standard InChI is InChI=1S/C33H43N7O2S/c1-33(2)20-22-6-5-17-38(3)27-7-4-8-30(34-27)43-37-32(41)26-13-14-28(35-31(26)39(33)21-22)40-18-15-29(36-40)42-19-16-25(23-9-10-23)24-11-12-24/h4,7-8,13-15,18,22-25H,5-6,9-12,16-17,19-21H2,1-3H3,(H,37,41). The molecule has 7 rings (SSSR count). The molecule has 9 nitrogen and oxygen atoms in total. The van der Waals surface area contributed by atoms with Crippen molar-refractivity contribution >= 4 is 29.5 Å². The van der Waals surface area contributed by atoms with Crippen molar-refractivity contribution in [1.29, 1.82) is 0 Å². The molecule has 2 aliphatic carbocycles. The van der Waals surface area contributed by atoms with Gasteiger partial charge >= 0.3 is 0 Å². The smallest absolute Gasteiger partial charge is 0.265 e. The van der Waals surface area contributed by atoms with Crippen molar-refractivity contribution in [2.24, 2.45) is 23.7 Å². The van der Waals surface area contributed by atoms with E-state index in [2.05, 4.69) is 35.4 Å². The summed E-state index contributed by atoms with van der Waals surface area (Å²) in [6.07, 6.45) is 11.8. The predicted molar refractivity (Wildman–Crippen MR) is 170 cm³/mol. The van der Waals surface area contributed by atoms with Gasteiger partial charge in [-0.2, -0.15) is 0 Å². The Hall–Kier alpha value is -3.27. The molecule has 0 spiro atoms. The highest BCUT2D eigenvalue weighted by atomic mass is 32.2. The van der Waals surface area contributed by atoms with Crippen LogP contribution < -0.4 is 19.3 Å². The average Bonchev–Trinajstić information content (AvgIpc) is 3.94. The van der Waals surface area contributed by atoms with Crippen molar-refractivity contribution in [3.05, 3.63) is 48.2 Å². The first kappa shape index (κ1) is 28.5. The highest BCUT2D eigenvalue weighted by Gasteiger charge is 2.42. The second-order valence-electron chi connectivity index (χ2n) is 13.5. The Bertz CT molecular complexity index is 1450. The molecule has 4 bridgehead atoms. The maximum absolute atomic E-state index is 13.6. The Morgan fingerprint density at radius 2 is 1.86 bits per heavy atom. The molecule has 1 saturated heterocycles. The van der Waals surface area contributed by atoms with Crippen molar-refractivity contribution in [2.45, 2.75) is 75.8 Å². The van der Waals surface area contributed by atoms with E-state index in [0.717, 1.165) is 67.4 Å². The molecule has 2 aliphatic heterocycles. The van der Waals surface area contributed by atoms with E-state index in [1.165, 1.54) is 37.6 Å². The van der Waals surface area contributed by atoms with Gasteiger partial charge in [-0.25, -0.2) is 14.6 Å². The molecular formula is C33H43N7O2S. The maximum Gasteiger partial charge on any atom is 0.265 e. The number of fused-ring (bicyclic) bond motifs is 6. The predicted octanol–water partition coefficient (Wildman–Crippen LogP) is 6.14. The first-order valence-corrected chi connectivity index (χ1v) is 16.8. The summed E-state index contributed by atoms with van der Waals surface area (Å²) in [7, 11) is 2.09. The molecule has 1 unspecified atom stereocenters. The molecule has 3 aromatic rings. The van der Waals surface area contributed by atoms with Crippen LogP contribution in [0.3, 0.4) is 0 Å². The maximum atomic E-state index is 13.6. The quantitative estimate of drug-likeness (QED) is 0.323. The highest BCUT2D eigenvalue weighted by Crippen LogP contribution is 2.50. The lowest BCUT2D eigenvalue weighted by Gasteiger charge is -2.34. The van der Waals surface area contributed by atoms with Gasteiger partial charge in [0.25, 0.3) is 5.91 Å². The van der Waals surface area contributed by atoms with Gasteiger partial charge in [0, 0.05) is 49.9 Å². The van der Waals surface area contributed by atoms with E-state index in [0.29, 0.717) is 35.6 Å². The van der Waals surface area contributed by atoms with Crippen molar-refractivity contribution in [3.8, 4) is 11.7 Å². The molecule has 43 heavy (non-hydrogen) atoms. The van der Waals surface area contributed by atoms with Crippen LogP contribution in [0.2, 0.25) is 0 Å². The van der Waals surface area contributed by atoms with Crippen molar-refractivity contribution in [3.63, 3.8) is 0 Å². The molecule has 1 atom stereocenters. The average molecular weight is 602 g/mol. The van der Waals surface area contributed by atoms with E-state index in [9.17, 15) is 4.79 Å². The van der Waals surface area contributed by atoms with Crippen LogP contribution in [0.25, 0.3) is 5.82 Å². The number of anilines is 2. The molecule has 0 radical (unpaired) electrons. The number of aromatic nitrogens is 4. The second-order valence-corrected chi connectivity index (χ2v) is 14.4. The summed E-state index contributed by atoms with van der Waals surface area (Å²) in [4.78, 5) is 28.0. The molecule has 228 valence electrons. The lowest BCUT2D eigenvalue weighted by atomic mass is 9.93. The molecule has 3 fully saturated rings. The Morgan fingerprint density at radius 1 is 1.05 bits per heavy atom. The lowest BCUT2D eigenvalue weighted by Crippen LogP contribution is -2.40. The van der Waals surface area contributed by atoms with E-state index in [-0.39, 0.29) is 11.4 Å². The van der Waals surface area contributed by atoms with E-state index in [1.807, 2.05) is 42.6 Å². The monoisotopic (exact) mass is 601 g/mol. The number of carbonyl (C=O) groups excluding carboxylic acids is 1. The van der Waals surface area contributed by atoms with Gasteiger partial charge in [-0.15, -0.1) is 5.10 Å². The normalized spacial score (nSPS) is 22.1. The van der Waals surface area contributed by atoms with Gasteiger partial charge in [-0.1, -0.05) is 6.07 Å². The number of carbonyl (C=O) groups is 1. The molecule has 10 heteroatoms. The minimum Gasteiger partial charge on any atom is -0.477 e. The van der Waals surface area contributed by atoms with Gasteiger partial charge in [0.15, 0.2) is 5.82 Å². The Kier molecular flexibility index (Phi) is 7.74. The summed E-state index contributed by atoms with van der Waals surface area (Å²) in [5, 5.41) is 5.47. The van der Waals surface area contributed by atoms with E-state index in [4.69, 9.17) is 19.8 Å². The molecule has 1 N–H and O–H groups in total. The van der Waals surface area contributed by atoms with Crippen molar-refractivity contribution < 1.29 is 9.53 Å². The van der Waals surface area contributed by atoms with Gasteiger partial charge in [0.2, 0.25) is 5.88 Å². The summed E-state index contributed by atoms with van der Waals surface area (Å²) in [5.74, 6) is 5.94. The summed E-state index contributed by atoms with van der Waals surface area (Å²) >= 11 is 1.24. The number of amides is 1. The minimum atomic E-state index is -0.181. The van der Waals surface area contributed by atoms with E-state index >= 15 is 0 Å². The summed E-state index contributed by atoms with van der Waals surface area (Å²) in [6, 6.07) is 11.6. The molecule has 1 amide bonds. The van der Waals surface area contributed by atoms with Crippen LogP contribution in [-0.2, 0) is 0 Å². The number of ether oxygens (including phenoxy) is 1. The van der Waals surface area contributed by atoms with Crippen LogP contribution in [0.5, 0.6) is 5.88 Å². The lowest BCUT2D eigenvalue weighted by molar-refractivity contribution is 0.0984. The SMILES string of the molecule is CN1CCCC2CN(c3nc(-n4ccc(OCCC(C5CC5)C5CC5)n4)ccc3C(=O)NSc3cccc1n3)C(C)(C)C2. The van der Waals surface area contributed by atoms with E-state index in [1.54, 1.807) is 4.68 Å². The molecule has 4 aliphatic rings. The Labute approximate surface area is 258 Å². The summed E-state index contributed by atoms with van der Waals surface area (Å²) < 4.78 is 10.9. The van der Waals surface area contributed by atoms with Crippen LogP contribution in [0.15, 0.2) is 47.6 Å². The Balaban J connectivity index is 1.13. The van der Waals surface area contributed by atoms with Crippen molar-refractivity contribution in [1.82, 2.24) is 24.5 Å². The van der Waals surface area contributed by atoms with E-state index < -0.39 is 0 Å². The number of nitrogens with one attached hydrogen (secondary N) is 1. The molecule has 3 aromatic heterocycles. The molecule has 2 saturated carbocycles. The third kappa shape index (κ3) is 6.35. The van der Waals surface area contributed by atoms with Crippen LogP contribution in [-0.4, -0.2) is 57.9 Å². The fourth-order valence-electron chi connectivity index (χ4n) is 7.18. The second kappa shape index (κ2) is 11.7. The first-order valence-electron chi connectivity index (χ1n) is 16.0. The number of hydrogen-bond acceptors (Lipinski definition) is 8. The fourth-order valence-corrected chi connectivity index (χ4v) is 7.77.